The van der Waals surface area contributed by atoms with Crippen molar-refractivity contribution < 1.29 is 18.3 Å². The third-order valence-corrected chi connectivity index (χ3v) is 7.66. The Balaban J connectivity index is 1.76. The molecule has 0 N–H and O–H groups in total. The summed E-state index contributed by atoms with van der Waals surface area (Å²) in [5.41, 5.74) is 0.881. The van der Waals surface area contributed by atoms with Gasteiger partial charge in [-0.15, -0.1) is 0 Å². The largest absolute Gasteiger partial charge is 0.520 e. The molecule has 142 valence electrons. The maximum Gasteiger partial charge on any atom is 0.395 e. The molecule has 0 aromatic heterocycles. The Labute approximate surface area is 154 Å². The molecule has 1 aromatic carbocycles. The van der Waals surface area contributed by atoms with Gasteiger partial charge in [-0.25, -0.2) is 0 Å². The van der Waals surface area contributed by atoms with Gasteiger partial charge in [0, 0.05) is 18.7 Å². The van der Waals surface area contributed by atoms with Gasteiger partial charge in [0.15, 0.2) is 0 Å². The van der Waals surface area contributed by atoms with E-state index < -0.39 is 8.56 Å². The zero-order valence-corrected chi connectivity index (χ0v) is 17.7. The van der Waals surface area contributed by atoms with E-state index in [2.05, 4.69) is 40.3 Å². The van der Waals surface area contributed by atoms with Crippen molar-refractivity contribution >= 4 is 8.56 Å². The fourth-order valence-electron chi connectivity index (χ4n) is 2.92. The number of ether oxygens (including phenoxy) is 2. The standard InChI is InChI=1S/C20H34O4Si/c1-19(2,21-5)13-14-22-20(3,4)12-9-15-25(6)23-16-17-10-7-8-11-18(17)24-25/h7-8,10-11H,9,12-16H2,1-6H3. The van der Waals surface area contributed by atoms with Crippen LogP contribution in [0.3, 0.4) is 0 Å². The fourth-order valence-corrected chi connectivity index (χ4v) is 5.17. The highest BCUT2D eigenvalue weighted by Crippen LogP contribution is 2.32. The van der Waals surface area contributed by atoms with Crippen molar-refractivity contribution in [2.45, 2.75) is 77.4 Å². The molecule has 25 heavy (non-hydrogen) atoms. The van der Waals surface area contributed by atoms with E-state index in [1.54, 1.807) is 7.11 Å². The Morgan fingerprint density at radius 2 is 1.80 bits per heavy atom. The van der Waals surface area contributed by atoms with Crippen molar-refractivity contribution in [2.24, 2.45) is 0 Å². The molecule has 0 radical (unpaired) electrons. The van der Waals surface area contributed by atoms with E-state index in [-0.39, 0.29) is 11.2 Å². The first-order chi connectivity index (χ1) is 11.6. The molecule has 0 spiro atoms. The van der Waals surface area contributed by atoms with Crippen LogP contribution in [-0.4, -0.2) is 33.5 Å². The number of fused-ring (bicyclic) bond motifs is 1. The lowest BCUT2D eigenvalue weighted by Gasteiger charge is -2.34. The maximum absolute atomic E-state index is 6.23. The zero-order valence-electron chi connectivity index (χ0n) is 16.7. The molecule has 1 aliphatic heterocycles. The van der Waals surface area contributed by atoms with Crippen molar-refractivity contribution in [2.75, 3.05) is 13.7 Å². The van der Waals surface area contributed by atoms with E-state index >= 15 is 0 Å². The van der Waals surface area contributed by atoms with Crippen molar-refractivity contribution in [3.63, 3.8) is 0 Å². The first-order valence-corrected chi connectivity index (χ1v) is 11.8. The molecule has 2 rings (SSSR count). The van der Waals surface area contributed by atoms with Gasteiger partial charge >= 0.3 is 8.56 Å². The summed E-state index contributed by atoms with van der Waals surface area (Å²) in [7, 11) is -0.381. The molecular formula is C20H34O4Si. The third-order valence-electron chi connectivity index (χ3n) is 4.99. The maximum atomic E-state index is 6.23. The molecule has 0 saturated carbocycles. The van der Waals surface area contributed by atoms with Crippen LogP contribution in [0.15, 0.2) is 24.3 Å². The van der Waals surface area contributed by atoms with Gasteiger partial charge in [-0.1, -0.05) is 18.2 Å². The fraction of sp³-hybridized carbons (Fsp3) is 0.700. The highest BCUT2D eigenvalue weighted by Gasteiger charge is 2.37. The van der Waals surface area contributed by atoms with E-state index in [1.807, 2.05) is 18.2 Å². The third kappa shape index (κ3) is 6.41. The molecule has 0 fully saturated rings. The zero-order chi connectivity index (χ0) is 18.6. The molecule has 1 aromatic rings. The number of rotatable bonds is 9. The minimum atomic E-state index is -2.13. The lowest BCUT2D eigenvalue weighted by Crippen LogP contribution is -2.44. The Hall–Kier alpha value is -0.883. The number of hydrogen-bond acceptors (Lipinski definition) is 4. The highest BCUT2D eigenvalue weighted by molar-refractivity contribution is 6.66. The summed E-state index contributed by atoms with van der Waals surface area (Å²) in [6.45, 7) is 12.0. The lowest BCUT2D eigenvalue weighted by molar-refractivity contribution is -0.0614. The van der Waals surface area contributed by atoms with E-state index in [0.29, 0.717) is 13.2 Å². The van der Waals surface area contributed by atoms with E-state index in [1.165, 1.54) is 0 Å². The van der Waals surface area contributed by atoms with Gasteiger partial charge in [-0.3, -0.25) is 0 Å². The molecule has 0 bridgehead atoms. The van der Waals surface area contributed by atoms with Gasteiger partial charge in [0.05, 0.1) is 24.4 Å². The normalized spacial score (nSPS) is 20.9. The van der Waals surface area contributed by atoms with Crippen molar-refractivity contribution in [3.05, 3.63) is 29.8 Å². The number of hydrogen-bond donors (Lipinski definition) is 0. The van der Waals surface area contributed by atoms with Gasteiger partial charge in [-0.05, 0) is 59.6 Å². The van der Waals surface area contributed by atoms with Crippen LogP contribution < -0.4 is 4.43 Å². The van der Waals surface area contributed by atoms with Gasteiger partial charge in [0.2, 0.25) is 0 Å². The molecule has 1 unspecified atom stereocenters. The van der Waals surface area contributed by atoms with E-state index in [4.69, 9.17) is 18.3 Å². The molecule has 1 heterocycles. The summed E-state index contributed by atoms with van der Waals surface area (Å²) in [5.74, 6) is 1.00. The molecule has 0 aliphatic carbocycles. The topological polar surface area (TPSA) is 36.9 Å². The van der Waals surface area contributed by atoms with Crippen LogP contribution in [0.25, 0.3) is 0 Å². The second-order valence-corrected chi connectivity index (χ2v) is 11.6. The Morgan fingerprint density at radius 3 is 2.52 bits per heavy atom. The van der Waals surface area contributed by atoms with Gasteiger partial charge < -0.3 is 18.3 Å². The number of benzene rings is 1. The number of para-hydroxylation sites is 1. The smallest absolute Gasteiger partial charge is 0.395 e. The molecule has 0 saturated heterocycles. The van der Waals surface area contributed by atoms with Crippen LogP contribution in [0.2, 0.25) is 12.6 Å². The Kier molecular flexibility index (Phi) is 6.71. The summed E-state index contributed by atoms with van der Waals surface area (Å²) >= 11 is 0. The van der Waals surface area contributed by atoms with Crippen LogP contribution in [-0.2, 0) is 20.5 Å². The predicted octanol–water partition coefficient (Wildman–Crippen LogP) is 5.06. The molecule has 1 atom stereocenters. The second kappa shape index (κ2) is 8.21. The van der Waals surface area contributed by atoms with Gasteiger partial charge in [0.25, 0.3) is 0 Å². The van der Waals surface area contributed by atoms with Gasteiger partial charge in [-0.2, -0.15) is 0 Å². The van der Waals surface area contributed by atoms with Gasteiger partial charge in [0.1, 0.15) is 5.75 Å². The molecule has 0 amide bonds. The van der Waals surface area contributed by atoms with Crippen molar-refractivity contribution in [3.8, 4) is 5.75 Å². The summed E-state index contributed by atoms with van der Waals surface area (Å²) in [6, 6.07) is 9.16. The molecule has 5 heteroatoms. The molecule has 1 aliphatic rings. The van der Waals surface area contributed by atoms with Crippen LogP contribution in [0.5, 0.6) is 5.75 Å². The summed E-state index contributed by atoms with van der Waals surface area (Å²) in [4.78, 5) is 0. The quantitative estimate of drug-likeness (QED) is 0.573. The first-order valence-electron chi connectivity index (χ1n) is 9.25. The average molecular weight is 367 g/mol. The highest BCUT2D eigenvalue weighted by atomic mass is 28.4. The summed E-state index contributed by atoms with van der Waals surface area (Å²) in [5, 5.41) is 0. The number of methoxy groups -OCH3 is 1. The Morgan fingerprint density at radius 1 is 1.08 bits per heavy atom. The summed E-state index contributed by atoms with van der Waals surface area (Å²) < 4.78 is 23.9. The van der Waals surface area contributed by atoms with E-state index in [0.717, 1.165) is 36.6 Å². The SMILES string of the molecule is COC(C)(C)CCOC(C)(C)CCC[Si]1(C)OCc2ccccc2O1. The minimum absolute atomic E-state index is 0.131. The van der Waals surface area contributed by atoms with Crippen LogP contribution in [0.1, 0.15) is 52.5 Å². The monoisotopic (exact) mass is 366 g/mol. The lowest BCUT2D eigenvalue weighted by atomic mass is 10.0. The average Bonchev–Trinajstić information content (AvgIpc) is 2.54. The Bertz CT molecular complexity index is 558. The van der Waals surface area contributed by atoms with Crippen molar-refractivity contribution in [1.29, 1.82) is 0 Å². The molecular weight excluding hydrogens is 332 g/mol. The predicted molar refractivity (Wildman–Crippen MR) is 103 cm³/mol. The molecule has 4 nitrogen and oxygen atoms in total. The first kappa shape index (κ1) is 20.4. The van der Waals surface area contributed by atoms with Crippen LogP contribution in [0, 0.1) is 0 Å². The van der Waals surface area contributed by atoms with E-state index in [9.17, 15) is 0 Å². The van der Waals surface area contributed by atoms with Crippen LogP contribution in [0.4, 0.5) is 0 Å². The minimum Gasteiger partial charge on any atom is -0.520 e. The second-order valence-electron chi connectivity index (χ2n) is 8.31. The summed E-state index contributed by atoms with van der Waals surface area (Å²) in [6.07, 6.45) is 2.94. The van der Waals surface area contributed by atoms with Crippen LogP contribution >= 0.6 is 0 Å². The van der Waals surface area contributed by atoms with Crippen molar-refractivity contribution in [1.82, 2.24) is 0 Å².